The van der Waals surface area contributed by atoms with Crippen LogP contribution in [0.1, 0.15) is 5.82 Å². The number of benzene rings is 1. The van der Waals surface area contributed by atoms with Crippen molar-refractivity contribution in [3.63, 3.8) is 0 Å². The standard InChI is InChI=1S/C15H15N3O3S2/c1-18-9-8-16-14(18)11-21-13-6-4-12(5-7-13)17-23(19,20)15-3-2-10-22-15/h2-10,17H,11H2,1H3. The first-order chi connectivity index (χ1) is 11.0. The molecule has 0 amide bonds. The molecular weight excluding hydrogens is 334 g/mol. The summed E-state index contributed by atoms with van der Waals surface area (Å²) in [6, 6.07) is 10.0. The summed E-state index contributed by atoms with van der Waals surface area (Å²) >= 11 is 1.18. The van der Waals surface area contributed by atoms with Crippen molar-refractivity contribution in [1.82, 2.24) is 9.55 Å². The number of nitrogens with zero attached hydrogens (tertiary/aromatic N) is 2. The number of sulfonamides is 1. The number of hydrogen-bond donors (Lipinski definition) is 1. The fraction of sp³-hybridized carbons (Fsp3) is 0.133. The molecule has 0 saturated carbocycles. The topological polar surface area (TPSA) is 73.2 Å². The maximum atomic E-state index is 12.1. The molecule has 0 atom stereocenters. The van der Waals surface area contributed by atoms with Crippen LogP contribution in [0.15, 0.2) is 58.4 Å². The molecule has 0 fully saturated rings. The van der Waals surface area contributed by atoms with E-state index in [1.165, 1.54) is 11.3 Å². The van der Waals surface area contributed by atoms with Gasteiger partial charge in [0.15, 0.2) is 0 Å². The van der Waals surface area contributed by atoms with Crippen molar-refractivity contribution >= 4 is 27.0 Å². The summed E-state index contributed by atoms with van der Waals surface area (Å²) in [6.45, 7) is 0.351. The van der Waals surface area contributed by atoms with Crippen molar-refractivity contribution in [1.29, 1.82) is 0 Å². The molecule has 0 bridgehead atoms. The van der Waals surface area contributed by atoms with E-state index in [9.17, 15) is 8.42 Å². The number of hydrogen-bond acceptors (Lipinski definition) is 5. The SMILES string of the molecule is Cn1ccnc1COc1ccc(NS(=O)(=O)c2cccs2)cc1. The third-order valence-electron chi connectivity index (χ3n) is 3.16. The third kappa shape index (κ3) is 3.72. The van der Waals surface area contributed by atoms with Crippen LogP contribution in [-0.2, 0) is 23.7 Å². The van der Waals surface area contributed by atoms with E-state index < -0.39 is 10.0 Å². The first-order valence-corrected chi connectivity index (χ1v) is 9.16. The highest BCUT2D eigenvalue weighted by atomic mass is 32.2. The molecule has 0 aliphatic carbocycles. The highest BCUT2D eigenvalue weighted by Gasteiger charge is 2.14. The number of thiophene rings is 1. The third-order valence-corrected chi connectivity index (χ3v) is 5.93. The van der Waals surface area contributed by atoms with Crippen LogP contribution in [0.3, 0.4) is 0 Å². The average Bonchev–Trinajstić information content (AvgIpc) is 3.18. The minimum absolute atomic E-state index is 0.285. The first kappa shape index (κ1) is 15.6. The van der Waals surface area contributed by atoms with Gasteiger partial charge >= 0.3 is 0 Å². The number of anilines is 1. The van der Waals surface area contributed by atoms with Gasteiger partial charge in [0, 0.05) is 25.1 Å². The van der Waals surface area contributed by atoms with Gasteiger partial charge < -0.3 is 9.30 Å². The molecule has 0 saturated heterocycles. The van der Waals surface area contributed by atoms with E-state index in [0.29, 0.717) is 18.0 Å². The van der Waals surface area contributed by atoms with Gasteiger partial charge in [-0.1, -0.05) is 6.07 Å². The van der Waals surface area contributed by atoms with Crippen LogP contribution in [0.4, 0.5) is 5.69 Å². The summed E-state index contributed by atoms with van der Waals surface area (Å²) < 4.78 is 34.6. The zero-order chi connectivity index (χ0) is 16.3. The lowest BCUT2D eigenvalue weighted by molar-refractivity contribution is 0.292. The zero-order valence-corrected chi connectivity index (χ0v) is 14.0. The van der Waals surface area contributed by atoms with Crippen molar-refractivity contribution in [2.75, 3.05) is 4.72 Å². The van der Waals surface area contributed by atoms with Crippen LogP contribution >= 0.6 is 11.3 Å². The van der Waals surface area contributed by atoms with Gasteiger partial charge in [-0.05, 0) is 35.7 Å². The minimum atomic E-state index is -3.52. The molecule has 0 aliphatic heterocycles. The Labute approximate surface area is 138 Å². The van der Waals surface area contributed by atoms with E-state index in [0.717, 1.165) is 5.82 Å². The van der Waals surface area contributed by atoms with Gasteiger partial charge in [0.1, 0.15) is 22.4 Å². The van der Waals surface area contributed by atoms with E-state index in [1.807, 2.05) is 17.8 Å². The summed E-state index contributed by atoms with van der Waals surface area (Å²) in [4.78, 5) is 4.17. The zero-order valence-electron chi connectivity index (χ0n) is 12.3. The molecule has 3 aromatic rings. The Balaban J connectivity index is 1.64. The molecule has 1 N–H and O–H groups in total. The number of imidazole rings is 1. The van der Waals surface area contributed by atoms with Crippen LogP contribution in [0.5, 0.6) is 5.75 Å². The van der Waals surface area contributed by atoms with Crippen molar-refractivity contribution in [3.05, 3.63) is 60.0 Å². The second-order valence-electron chi connectivity index (χ2n) is 4.81. The van der Waals surface area contributed by atoms with Crippen molar-refractivity contribution in [2.24, 2.45) is 7.05 Å². The molecule has 0 aliphatic rings. The molecule has 1 aromatic carbocycles. The second-order valence-corrected chi connectivity index (χ2v) is 7.66. The molecule has 0 unspecified atom stereocenters. The van der Waals surface area contributed by atoms with Gasteiger partial charge in [-0.15, -0.1) is 11.3 Å². The molecule has 23 heavy (non-hydrogen) atoms. The van der Waals surface area contributed by atoms with E-state index in [2.05, 4.69) is 9.71 Å². The lowest BCUT2D eigenvalue weighted by atomic mass is 10.3. The van der Waals surface area contributed by atoms with Crippen LogP contribution in [0, 0.1) is 0 Å². The number of aryl methyl sites for hydroxylation is 1. The Morgan fingerprint density at radius 1 is 1.26 bits per heavy atom. The van der Waals surface area contributed by atoms with Gasteiger partial charge in [-0.3, -0.25) is 4.72 Å². The van der Waals surface area contributed by atoms with Gasteiger partial charge in [-0.2, -0.15) is 0 Å². The highest BCUT2D eigenvalue weighted by Crippen LogP contribution is 2.22. The molecule has 0 spiro atoms. The van der Waals surface area contributed by atoms with Crippen LogP contribution in [0.25, 0.3) is 0 Å². The average molecular weight is 349 g/mol. The van der Waals surface area contributed by atoms with Crippen molar-refractivity contribution in [2.45, 2.75) is 10.8 Å². The quantitative estimate of drug-likeness (QED) is 0.743. The predicted molar refractivity (Wildman–Crippen MR) is 89.1 cm³/mol. The Hall–Kier alpha value is -2.32. The Bertz CT molecular complexity index is 869. The molecular formula is C15H15N3O3S2. The number of ether oxygens (including phenoxy) is 1. The summed E-state index contributed by atoms with van der Waals surface area (Å²) in [5.41, 5.74) is 0.489. The molecule has 0 radical (unpaired) electrons. The van der Waals surface area contributed by atoms with E-state index in [4.69, 9.17) is 4.74 Å². The van der Waals surface area contributed by atoms with Crippen molar-refractivity contribution in [3.8, 4) is 5.75 Å². The predicted octanol–water partition coefficient (Wildman–Crippen LogP) is 2.86. The number of aromatic nitrogens is 2. The minimum Gasteiger partial charge on any atom is -0.486 e. The summed E-state index contributed by atoms with van der Waals surface area (Å²) in [7, 11) is -1.62. The number of nitrogens with one attached hydrogen (secondary N) is 1. The van der Waals surface area contributed by atoms with Gasteiger partial charge in [0.05, 0.1) is 0 Å². The van der Waals surface area contributed by atoms with Gasteiger partial charge in [-0.25, -0.2) is 13.4 Å². The summed E-state index contributed by atoms with van der Waals surface area (Å²) in [5, 5.41) is 1.73. The van der Waals surface area contributed by atoms with E-state index in [-0.39, 0.29) is 4.21 Å². The Kier molecular flexibility index (Phi) is 4.35. The first-order valence-electron chi connectivity index (χ1n) is 6.80. The molecule has 2 aromatic heterocycles. The fourth-order valence-corrected chi connectivity index (χ4v) is 3.98. The maximum Gasteiger partial charge on any atom is 0.271 e. The molecule has 3 rings (SSSR count). The smallest absolute Gasteiger partial charge is 0.271 e. The fourth-order valence-electron chi connectivity index (χ4n) is 1.92. The normalized spacial score (nSPS) is 11.3. The number of rotatable bonds is 6. The van der Waals surface area contributed by atoms with Gasteiger partial charge in [0.25, 0.3) is 10.0 Å². The largest absolute Gasteiger partial charge is 0.486 e. The second kappa shape index (κ2) is 6.43. The molecule has 120 valence electrons. The Morgan fingerprint density at radius 3 is 2.65 bits per heavy atom. The molecule has 8 heteroatoms. The summed E-state index contributed by atoms with van der Waals surface area (Å²) in [5.74, 6) is 1.46. The van der Waals surface area contributed by atoms with Crippen LogP contribution in [-0.4, -0.2) is 18.0 Å². The lowest BCUT2D eigenvalue weighted by Gasteiger charge is -2.09. The Morgan fingerprint density at radius 2 is 2.04 bits per heavy atom. The van der Waals surface area contributed by atoms with Crippen LogP contribution < -0.4 is 9.46 Å². The van der Waals surface area contributed by atoms with E-state index in [1.54, 1.807) is 48.0 Å². The molecule has 2 heterocycles. The van der Waals surface area contributed by atoms with Crippen molar-refractivity contribution < 1.29 is 13.2 Å². The lowest BCUT2D eigenvalue weighted by Crippen LogP contribution is -2.11. The maximum absolute atomic E-state index is 12.1. The molecule has 6 nitrogen and oxygen atoms in total. The summed E-state index contributed by atoms with van der Waals surface area (Å²) in [6.07, 6.45) is 3.56. The monoisotopic (exact) mass is 349 g/mol. The van der Waals surface area contributed by atoms with Gasteiger partial charge in [0.2, 0.25) is 0 Å². The van der Waals surface area contributed by atoms with Crippen LogP contribution in [0.2, 0.25) is 0 Å². The highest BCUT2D eigenvalue weighted by molar-refractivity contribution is 7.94. The van der Waals surface area contributed by atoms with E-state index >= 15 is 0 Å².